The molecule has 0 amide bonds. The molecule has 6 fully saturated rings. The number of fused-ring (bicyclic) bond motifs is 5. The third kappa shape index (κ3) is 3.33. The molecule has 1 heterocycles. The van der Waals surface area contributed by atoms with Gasteiger partial charge in [0, 0.05) is 5.41 Å². The van der Waals surface area contributed by atoms with Gasteiger partial charge in [0.2, 0.25) is 0 Å². The first-order valence-electron chi connectivity index (χ1n) is 15.3. The number of alkyl halides is 3. The summed E-state index contributed by atoms with van der Waals surface area (Å²) in [7, 11) is 0. The van der Waals surface area contributed by atoms with Crippen LogP contribution in [-0.2, 0) is 14.3 Å². The number of esters is 1. The van der Waals surface area contributed by atoms with Crippen LogP contribution in [0.25, 0.3) is 0 Å². The number of rotatable bonds is 1. The number of hydrogen-bond acceptors (Lipinski definition) is 3. The highest BCUT2D eigenvalue weighted by Crippen LogP contribution is 2.78. The lowest BCUT2D eigenvalue weighted by Gasteiger charge is -2.73. The molecule has 0 N–H and O–H groups in total. The molecule has 5 saturated carbocycles. The number of halogens is 3. The molecular formula is C32H49F3O3. The van der Waals surface area contributed by atoms with Crippen molar-refractivity contribution in [3.05, 3.63) is 0 Å². The van der Waals surface area contributed by atoms with Crippen LogP contribution in [0, 0.1) is 56.2 Å². The second-order valence-corrected chi connectivity index (χ2v) is 16.5. The highest BCUT2D eigenvalue weighted by atomic mass is 19.4. The van der Waals surface area contributed by atoms with E-state index in [2.05, 4.69) is 48.5 Å². The Bertz CT molecular complexity index is 1000. The fraction of sp³-hybridized carbons (Fsp3) is 0.969. The minimum Gasteiger partial charge on any atom is -0.455 e. The summed E-state index contributed by atoms with van der Waals surface area (Å²) in [4.78, 5) is 11.8. The topological polar surface area (TPSA) is 35.5 Å². The van der Waals surface area contributed by atoms with Gasteiger partial charge in [-0.3, -0.25) is 0 Å². The summed E-state index contributed by atoms with van der Waals surface area (Å²) in [6.07, 6.45) is 5.78. The van der Waals surface area contributed by atoms with Crippen LogP contribution in [0.4, 0.5) is 13.2 Å². The van der Waals surface area contributed by atoms with Crippen molar-refractivity contribution in [1.82, 2.24) is 0 Å². The zero-order chi connectivity index (χ0) is 27.7. The standard InChI is InChI=1S/C32H49F3O3/c1-26(2)14-16-31-17-15-29(6)19(23(31)24(26)37-18-31)8-9-21-28(5)12-11-22(38-25(36)32(33,34)35)27(3,4)20(28)10-13-30(21,29)7/h19-24H,8-18H2,1-7H3/t19-,20-,21-,22-,23-,24+,28+,29-,30-,31-/m1/s1. The van der Waals surface area contributed by atoms with Crippen LogP contribution in [0.15, 0.2) is 0 Å². The fourth-order valence-electron chi connectivity index (χ4n) is 12.4. The van der Waals surface area contributed by atoms with E-state index in [0.29, 0.717) is 35.7 Å². The van der Waals surface area contributed by atoms with E-state index in [1.54, 1.807) is 0 Å². The molecule has 6 rings (SSSR count). The van der Waals surface area contributed by atoms with E-state index in [9.17, 15) is 18.0 Å². The first-order chi connectivity index (χ1) is 17.4. The molecule has 1 aliphatic heterocycles. The van der Waals surface area contributed by atoms with Gasteiger partial charge in [-0.1, -0.05) is 48.5 Å². The molecule has 0 aromatic carbocycles. The van der Waals surface area contributed by atoms with Crippen LogP contribution >= 0.6 is 0 Å². The van der Waals surface area contributed by atoms with Gasteiger partial charge in [0.1, 0.15) is 6.10 Å². The second kappa shape index (κ2) is 7.94. The number of carbonyl (C=O) groups excluding carboxylic acids is 1. The van der Waals surface area contributed by atoms with Crippen molar-refractivity contribution >= 4 is 5.97 Å². The molecule has 1 saturated heterocycles. The fourth-order valence-corrected chi connectivity index (χ4v) is 12.4. The van der Waals surface area contributed by atoms with Crippen molar-refractivity contribution in [3.63, 3.8) is 0 Å². The van der Waals surface area contributed by atoms with E-state index in [4.69, 9.17) is 9.47 Å². The molecule has 0 spiro atoms. The number of ether oxygens (including phenoxy) is 2. The smallest absolute Gasteiger partial charge is 0.455 e. The van der Waals surface area contributed by atoms with Gasteiger partial charge in [-0.15, -0.1) is 0 Å². The first kappa shape index (κ1) is 27.4. The summed E-state index contributed by atoms with van der Waals surface area (Å²) in [5.41, 5.74) is 0.625. The maximum Gasteiger partial charge on any atom is 0.490 e. The Morgan fingerprint density at radius 1 is 0.789 bits per heavy atom. The summed E-state index contributed by atoms with van der Waals surface area (Å²) in [6.45, 7) is 17.5. The van der Waals surface area contributed by atoms with Gasteiger partial charge in [-0.05, 0) is 115 Å². The highest BCUT2D eigenvalue weighted by Gasteiger charge is 2.73. The zero-order valence-corrected chi connectivity index (χ0v) is 24.6. The summed E-state index contributed by atoms with van der Waals surface area (Å²) in [5.74, 6) is 0.0918. The lowest BCUT2D eigenvalue weighted by Crippen LogP contribution is -2.68. The van der Waals surface area contributed by atoms with Gasteiger partial charge in [-0.2, -0.15) is 13.2 Å². The normalized spacial score (nSPS) is 52.7. The Kier molecular flexibility index (Phi) is 5.72. The van der Waals surface area contributed by atoms with Gasteiger partial charge >= 0.3 is 12.1 Å². The molecule has 38 heavy (non-hydrogen) atoms. The molecule has 0 aromatic heterocycles. The molecule has 6 heteroatoms. The highest BCUT2D eigenvalue weighted by molar-refractivity contribution is 5.75. The first-order valence-corrected chi connectivity index (χ1v) is 15.3. The summed E-state index contributed by atoms with van der Waals surface area (Å²) in [5, 5.41) is 0. The lowest BCUT2D eigenvalue weighted by molar-refractivity contribution is -0.259. The molecule has 0 radical (unpaired) electrons. The average Bonchev–Trinajstić information content (AvgIpc) is 3.14. The van der Waals surface area contributed by atoms with E-state index in [0.717, 1.165) is 25.9 Å². The minimum atomic E-state index is -4.94. The van der Waals surface area contributed by atoms with Gasteiger partial charge in [-0.25, -0.2) is 4.79 Å². The molecular weight excluding hydrogens is 489 g/mol. The number of hydrogen-bond donors (Lipinski definition) is 0. The molecule has 0 aromatic rings. The largest absolute Gasteiger partial charge is 0.490 e. The van der Waals surface area contributed by atoms with Crippen LogP contribution in [0.2, 0.25) is 0 Å². The van der Waals surface area contributed by atoms with E-state index < -0.39 is 23.7 Å². The summed E-state index contributed by atoms with van der Waals surface area (Å²) >= 11 is 0. The Morgan fingerprint density at radius 3 is 2.16 bits per heavy atom. The van der Waals surface area contributed by atoms with Crippen molar-refractivity contribution in [3.8, 4) is 0 Å². The third-order valence-corrected chi connectivity index (χ3v) is 14.6. The number of carbonyl (C=O) groups is 1. The van der Waals surface area contributed by atoms with Crippen molar-refractivity contribution in [2.45, 2.75) is 131 Å². The van der Waals surface area contributed by atoms with Crippen molar-refractivity contribution in [2.75, 3.05) is 6.61 Å². The van der Waals surface area contributed by atoms with Gasteiger partial charge in [0.25, 0.3) is 0 Å². The molecule has 3 nitrogen and oxygen atoms in total. The predicted octanol–water partition coefficient (Wildman–Crippen LogP) is 8.35. The predicted molar refractivity (Wildman–Crippen MR) is 140 cm³/mol. The van der Waals surface area contributed by atoms with Crippen LogP contribution in [0.5, 0.6) is 0 Å². The van der Waals surface area contributed by atoms with E-state index in [1.807, 2.05) is 0 Å². The van der Waals surface area contributed by atoms with E-state index in [-0.39, 0.29) is 27.6 Å². The Balaban J connectivity index is 1.31. The maximum absolute atomic E-state index is 13.1. The van der Waals surface area contributed by atoms with E-state index >= 15 is 0 Å². The van der Waals surface area contributed by atoms with Gasteiger partial charge in [0.05, 0.1) is 12.7 Å². The van der Waals surface area contributed by atoms with Crippen molar-refractivity contribution in [1.29, 1.82) is 0 Å². The van der Waals surface area contributed by atoms with E-state index in [1.165, 1.54) is 38.5 Å². The van der Waals surface area contributed by atoms with Crippen molar-refractivity contribution in [2.24, 2.45) is 56.2 Å². The molecule has 0 unspecified atom stereocenters. The monoisotopic (exact) mass is 538 g/mol. The third-order valence-electron chi connectivity index (χ3n) is 14.6. The quantitative estimate of drug-likeness (QED) is 0.315. The molecule has 216 valence electrons. The van der Waals surface area contributed by atoms with Gasteiger partial charge in [0.15, 0.2) is 0 Å². The maximum atomic E-state index is 13.1. The van der Waals surface area contributed by atoms with Gasteiger partial charge < -0.3 is 9.47 Å². The Labute approximate surface area is 227 Å². The molecule has 5 aliphatic carbocycles. The summed E-state index contributed by atoms with van der Waals surface area (Å²) in [6, 6.07) is 0. The Morgan fingerprint density at radius 2 is 1.47 bits per heavy atom. The lowest BCUT2D eigenvalue weighted by atomic mass is 9.31. The summed E-state index contributed by atoms with van der Waals surface area (Å²) < 4.78 is 51.1. The molecule has 2 bridgehead atoms. The molecule has 10 atom stereocenters. The van der Waals surface area contributed by atoms with Crippen molar-refractivity contribution < 1.29 is 27.4 Å². The SMILES string of the molecule is CC1(C)CC[C@]23CC[C@]4(C)[C@H](CC[C@@H]5[C@@]6(C)CC[C@@H](OC(=O)C(F)(F)F)C(C)(C)[C@H]6CC[C@]54C)[C@@H]2[C@@H]1OC3. The second-order valence-electron chi connectivity index (χ2n) is 16.5. The van der Waals surface area contributed by atoms with Crippen LogP contribution in [0.1, 0.15) is 113 Å². The van der Waals surface area contributed by atoms with Crippen LogP contribution in [-0.4, -0.2) is 31.0 Å². The van der Waals surface area contributed by atoms with Crippen LogP contribution in [0.3, 0.4) is 0 Å². The molecule has 6 aliphatic rings. The van der Waals surface area contributed by atoms with Crippen LogP contribution < -0.4 is 0 Å². The zero-order valence-electron chi connectivity index (χ0n) is 24.6. The Hall–Kier alpha value is -0.780. The minimum absolute atomic E-state index is 0.0437. The average molecular weight is 539 g/mol.